The van der Waals surface area contributed by atoms with Gasteiger partial charge in [0, 0.05) is 24.8 Å². The lowest BCUT2D eigenvalue weighted by molar-refractivity contribution is -0.135. The van der Waals surface area contributed by atoms with Gasteiger partial charge in [0.25, 0.3) is 0 Å². The van der Waals surface area contributed by atoms with Crippen molar-refractivity contribution in [2.45, 2.75) is 45.6 Å². The smallest absolute Gasteiger partial charge is 0.228 e. The molecule has 1 aromatic carbocycles. The molecular formula is C18H26N2O. The Balaban J connectivity index is 1.68. The Morgan fingerprint density at radius 3 is 3.00 bits per heavy atom. The zero-order valence-corrected chi connectivity index (χ0v) is 13.1. The van der Waals surface area contributed by atoms with E-state index in [1.165, 1.54) is 30.5 Å². The van der Waals surface area contributed by atoms with Gasteiger partial charge >= 0.3 is 0 Å². The highest BCUT2D eigenvalue weighted by molar-refractivity contribution is 5.82. The number of amides is 1. The molecule has 1 N–H and O–H groups in total. The zero-order chi connectivity index (χ0) is 14.8. The molecule has 2 aliphatic rings. The van der Waals surface area contributed by atoms with Crippen LogP contribution in [0.3, 0.4) is 0 Å². The first-order valence-electron chi connectivity index (χ1n) is 8.32. The van der Waals surface area contributed by atoms with Crippen LogP contribution in [0.2, 0.25) is 0 Å². The Labute approximate surface area is 127 Å². The van der Waals surface area contributed by atoms with Crippen molar-refractivity contribution in [1.29, 1.82) is 0 Å². The number of rotatable bonds is 3. The Hall–Kier alpha value is -1.51. The molecule has 0 radical (unpaired) electrons. The first-order chi connectivity index (χ1) is 10.2. The van der Waals surface area contributed by atoms with Crippen molar-refractivity contribution in [3.8, 4) is 0 Å². The second-order valence-electron chi connectivity index (χ2n) is 6.63. The third-order valence-electron chi connectivity index (χ3n) is 5.06. The summed E-state index contributed by atoms with van der Waals surface area (Å²) in [6.45, 7) is 6.29. The Kier molecular flexibility index (Phi) is 4.18. The van der Waals surface area contributed by atoms with Gasteiger partial charge in [0.15, 0.2) is 0 Å². The maximum Gasteiger partial charge on any atom is 0.228 e. The summed E-state index contributed by atoms with van der Waals surface area (Å²) >= 11 is 0. The number of nitrogens with one attached hydrogen (secondary N) is 1. The van der Waals surface area contributed by atoms with Gasteiger partial charge in [-0.2, -0.15) is 0 Å². The normalized spacial score (nSPS) is 28.1. The third-order valence-corrected chi connectivity index (χ3v) is 5.06. The number of hydrogen-bond donors (Lipinski definition) is 1. The summed E-state index contributed by atoms with van der Waals surface area (Å²) in [5.74, 6) is 1.15. The van der Waals surface area contributed by atoms with Crippen molar-refractivity contribution in [3.05, 3.63) is 29.8 Å². The quantitative estimate of drug-likeness (QED) is 0.924. The second kappa shape index (κ2) is 6.08. The molecule has 0 aliphatic carbocycles. The summed E-state index contributed by atoms with van der Waals surface area (Å²) < 4.78 is 0. The minimum absolute atomic E-state index is 0.0836. The van der Waals surface area contributed by atoms with Crippen molar-refractivity contribution in [1.82, 2.24) is 4.90 Å². The maximum atomic E-state index is 12.9. The SMILES string of the molecule is CCCC1CCN(C(=O)C2Cc3ccccc3NC2C)C1. The molecule has 1 aromatic rings. The van der Waals surface area contributed by atoms with Crippen LogP contribution >= 0.6 is 0 Å². The highest BCUT2D eigenvalue weighted by Crippen LogP contribution is 2.31. The van der Waals surface area contributed by atoms with Crippen molar-refractivity contribution < 1.29 is 4.79 Å². The van der Waals surface area contributed by atoms with Crippen LogP contribution in [0.25, 0.3) is 0 Å². The summed E-state index contributed by atoms with van der Waals surface area (Å²) in [4.78, 5) is 15.0. The number of nitrogens with zero attached hydrogens (tertiary/aromatic N) is 1. The van der Waals surface area contributed by atoms with E-state index in [1.54, 1.807) is 0 Å². The number of fused-ring (bicyclic) bond motifs is 1. The first kappa shape index (κ1) is 14.4. The largest absolute Gasteiger partial charge is 0.382 e. The fourth-order valence-corrected chi connectivity index (χ4v) is 3.81. The summed E-state index contributed by atoms with van der Waals surface area (Å²) in [7, 11) is 0. The standard InChI is InChI=1S/C18H26N2O/c1-3-6-14-9-10-20(12-14)18(21)16-11-15-7-4-5-8-17(15)19-13(16)2/h4-5,7-8,13-14,16,19H,3,6,9-12H2,1-2H3. The maximum absolute atomic E-state index is 12.9. The van der Waals surface area contributed by atoms with E-state index in [2.05, 4.69) is 48.3 Å². The predicted molar refractivity (Wildman–Crippen MR) is 86.3 cm³/mol. The van der Waals surface area contributed by atoms with Crippen LogP contribution in [0.4, 0.5) is 5.69 Å². The molecule has 3 rings (SSSR count). The van der Waals surface area contributed by atoms with Gasteiger partial charge in [-0.15, -0.1) is 0 Å². The van der Waals surface area contributed by atoms with Gasteiger partial charge in [-0.3, -0.25) is 4.79 Å². The topological polar surface area (TPSA) is 32.3 Å². The zero-order valence-electron chi connectivity index (χ0n) is 13.1. The lowest BCUT2D eigenvalue weighted by Crippen LogP contribution is -2.44. The van der Waals surface area contributed by atoms with Crippen LogP contribution in [0.15, 0.2) is 24.3 Å². The van der Waals surface area contributed by atoms with Gasteiger partial charge in [0.1, 0.15) is 0 Å². The third kappa shape index (κ3) is 2.92. The number of para-hydroxylation sites is 1. The van der Waals surface area contributed by atoms with Crippen LogP contribution in [-0.2, 0) is 11.2 Å². The van der Waals surface area contributed by atoms with E-state index in [-0.39, 0.29) is 12.0 Å². The summed E-state index contributed by atoms with van der Waals surface area (Å²) in [5.41, 5.74) is 2.47. The molecule has 1 saturated heterocycles. The molecule has 2 aliphatic heterocycles. The number of likely N-dealkylation sites (tertiary alicyclic amines) is 1. The van der Waals surface area contributed by atoms with Crippen molar-refractivity contribution in [2.75, 3.05) is 18.4 Å². The molecule has 1 amide bonds. The van der Waals surface area contributed by atoms with Gasteiger partial charge in [0.05, 0.1) is 5.92 Å². The monoisotopic (exact) mass is 286 g/mol. The summed E-state index contributed by atoms with van der Waals surface area (Å²) in [6.07, 6.45) is 4.54. The number of benzene rings is 1. The molecule has 0 aromatic heterocycles. The predicted octanol–water partition coefficient (Wildman–Crippen LogP) is 3.31. The molecule has 3 heteroatoms. The van der Waals surface area contributed by atoms with Crippen LogP contribution in [-0.4, -0.2) is 29.9 Å². The molecule has 3 nitrogen and oxygen atoms in total. The van der Waals surface area contributed by atoms with E-state index in [1.807, 2.05) is 0 Å². The van der Waals surface area contributed by atoms with Gasteiger partial charge in [-0.05, 0) is 43.7 Å². The van der Waals surface area contributed by atoms with Crippen molar-refractivity contribution in [2.24, 2.45) is 11.8 Å². The van der Waals surface area contributed by atoms with E-state index in [0.29, 0.717) is 5.91 Å². The summed E-state index contributed by atoms with van der Waals surface area (Å²) in [6, 6.07) is 8.58. The molecular weight excluding hydrogens is 260 g/mol. The lowest BCUT2D eigenvalue weighted by Gasteiger charge is -2.34. The fourth-order valence-electron chi connectivity index (χ4n) is 3.81. The lowest BCUT2D eigenvalue weighted by atomic mass is 9.87. The minimum atomic E-state index is 0.0836. The van der Waals surface area contributed by atoms with E-state index in [4.69, 9.17) is 0 Å². The summed E-state index contributed by atoms with van der Waals surface area (Å²) in [5, 5.41) is 3.50. The van der Waals surface area contributed by atoms with Gasteiger partial charge < -0.3 is 10.2 Å². The van der Waals surface area contributed by atoms with E-state index in [0.717, 1.165) is 25.4 Å². The first-order valence-corrected chi connectivity index (χ1v) is 8.32. The molecule has 1 fully saturated rings. The average Bonchev–Trinajstić information content (AvgIpc) is 2.95. The van der Waals surface area contributed by atoms with Crippen molar-refractivity contribution in [3.63, 3.8) is 0 Å². The number of carbonyl (C=O) groups excluding carboxylic acids is 1. The van der Waals surface area contributed by atoms with Gasteiger partial charge in [-0.25, -0.2) is 0 Å². The Morgan fingerprint density at radius 2 is 2.19 bits per heavy atom. The van der Waals surface area contributed by atoms with Crippen LogP contribution in [0.1, 0.15) is 38.7 Å². The molecule has 3 atom stereocenters. The molecule has 0 saturated carbocycles. The minimum Gasteiger partial charge on any atom is -0.382 e. The highest BCUT2D eigenvalue weighted by atomic mass is 16.2. The van der Waals surface area contributed by atoms with Crippen molar-refractivity contribution >= 4 is 11.6 Å². The molecule has 21 heavy (non-hydrogen) atoms. The van der Waals surface area contributed by atoms with E-state index >= 15 is 0 Å². The average molecular weight is 286 g/mol. The number of anilines is 1. The van der Waals surface area contributed by atoms with Crippen LogP contribution < -0.4 is 5.32 Å². The molecule has 2 heterocycles. The molecule has 0 spiro atoms. The van der Waals surface area contributed by atoms with Gasteiger partial charge in [-0.1, -0.05) is 31.5 Å². The fraction of sp³-hybridized carbons (Fsp3) is 0.611. The molecule has 3 unspecified atom stereocenters. The number of hydrogen-bond acceptors (Lipinski definition) is 2. The van der Waals surface area contributed by atoms with Crippen LogP contribution in [0, 0.1) is 11.8 Å². The second-order valence-corrected chi connectivity index (χ2v) is 6.63. The van der Waals surface area contributed by atoms with E-state index in [9.17, 15) is 4.79 Å². The molecule has 0 bridgehead atoms. The Bertz CT molecular complexity index is 514. The molecule has 114 valence electrons. The van der Waals surface area contributed by atoms with E-state index < -0.39 is 0 Å². The van der Waals surface area contributed by atoms with Gasteiger partial charge in [0.2, 0.25) is 5.91 Å². The number of carbonyl (C=O) groups is 1. The highest BCUT2D eigenvalue weighted by Gasteiger charge is 2.35. The van der Waals surface area contributed by atoms with Crippen LogP contribution in [0.5, 0.6) is 0 Å². The Morgan fingerprint density at radius 1 is 1.38 bits per heavy atom.